The van der Waals surface area contributed by atoms with Crippen molar-refractivity contribution in [2.75, 3.05) is 13.6 Å². The van der Waals surface area contributed by atoms with E-state index in [0.717, 1.165) is 16.9 Å². The molecule has 1 saturated carbocycles. The Bertz CT molecular complexity index is 452. The van der Waals surface area contributed by atoms with Crippen molar-refractivity contribution in [3.63, 3.8) is 0 Å². The molecular formula is C20H32N+. The van der Waals surface area contributed by atoms with Gasteiger partial charge >= 0.3 is 0 Å². The highest BCUT2D eigenvalue weighted by Crippen LogP contribution is 2.44. The highest BCUT2D eigenvalue weighted by atomic mass is 15.4. The quantitative estimate of drug-likeness (QED) is 0.499. The van der Waals surface area contributed by atoms with Crippen molar-refractivity contribution in [3.05, 3.63) is 48.6 Å². The van der Waals surface area contributed by atoms with Crippen LogP contribution in [0.1, 0.15) is 51.5 Å². The number of quaternary nitrogens is 1. The van der Waals surface area contributed by atoms with Crippen molar-refractivity contribution >= 4 is 0 Å². The van der Waals surface area contributed by atoms with Crippen LogP contribution in [0.25, 0.3) is 0 Å². The minimum absolute atomic E-state index is 0.372. The van der Waals surface area contributed by atoms with Gasteiger partial charge in [0.25, 0.3) is 0 Å². The monoisotopic (exact) mass is 286 g/mol. The summed E-state index contributed by atoms with van der Waals surface area (Å²) in [6.07, 6.45) is 8.79. The molecule has 0 saturated heterocycles. The summed E-state index contributed by atoms with van der Waals surface area (Å²) in [6.45, 7) is 11.2. The fourth-order valence-corrected chi connectivity index (χ4v) is 4.31. The molecule has 1 heteroatoms. The molecule has 1 nitrogen and oxygen atoms in total. The zero-order valence-corrected chi connectivity index (χ0v) is 14.1. The van der Waals surface area contributed by atoms with E-state index in [4.69, 9.17) is 0 Å². The van der Waals surface area contributed by atoms with E-state index in [9.17, 15) is 0 Å². The number of nitrogens with zero attached hydrogens (tertiary/aromatic N) is 1. The lowest BCUT2D eigenvalue weighted by atomic mass is 9.70. The molecule has 0 aromatic heterocycles. The maximum absolute atomic E-state index is 4.01. The van der Waals surface area contributed by atoms with E-state index >= 15 is 0 Å². The van der Waals surface area contributed by atoms with Gasteiger partial charge in [0.2, 0.25) is 0 Å². The third kappa shape index (κ3) is 3.23. The van der Waals surface area contributed by atoms with Gasteiger partial charge in [0, 0.05) is 17.9 Å². The van der Waals surface area contributed by atoms with Crippen molar-refractivity contribution in [2.24, 2.45) is 5.92 Å². The summed E-state index contributed by atoms with van der Waals surface area (Å²) in [5, 5.41) is 0. The Morgan fingerprint density at radius 3 is 2.62 bits per heavy atom. The SMILES string of the molecule is C=CCC1CCCCC1(C)[N+](C)(CC)Cc1ccccc1. The highest BCUT2D eigenvalue weighted by Gasteiger charge is 2.49. The molecule has 1 aliphatic carbocycles. The Balaban J connectivity index is 2.29. The molecule has 1 aromatic carbocycles. The van der Waals surface area contributed by atoms with E-state index in [1.807, 2.05) is 0 Å². The van der Waals surface area contributed by atoms with Crippen LogP contribution in [0.3, 0.4) is 0 Å². The average molecular weight is 286 g/mol. The van der Waals surface area contributed by atoms with Crippen LogP contribution in [0, 0.1) is 5.92 Å². The molecule has 1 fully saturated rings. The largest absolute Gasteiger partial charge is 0.318 e. The zero-order valence-electron chi connectivity index (χ0n) is 14.1. The Morgan fingerprint density at radius 1 is 1.29 bits per heavy atom. The van der Waals surface area contributed by atoms with Gasteiger partial charge in [0.1, 0.15) is 6.54 Å². The zero-order chi connectivity index (χ0) is 15.3. The lowest BCUT2D eigenvalue weighted by molar-refractivity contribution is -0.973. The van der Waals surface area contributed by atoms with E-state index in [0.29, 0.717) is 5.54 Å². The third-order valence-corrected chi connectivity index (χ3v) is 6.12. The van der Waals surface area contributed by atoms with Crippen LogP contribution in [0.2, 0.25) is 0 Å². The molecule has 116 valence electrons. The molecule has 3 atom stereocenters. The second-order valence-electron chi connectivity index (χ2n) is 7.18. The second-order valence-corrected chi connectivity index (χ2v) is 7.18. The summed E-state index contributed by atoms with van der Waals surface area (Å²) >= 11 is 0. The van der Waals surface area contributed by atoms with Gasteiger partial charge in [0.05, 0.1) is 19.1 Å². The second kappa shape index (κ2) is 6.79. The summed E-state index contributed by atoms with van der Waals surface area (Å²) in [5.74, 6) is 0.775. The van der Waals surface area contributed by atoms with Crippen LogP contribution in [0.15, 0.2) is 43.0 Å². The van der Waals surface area contributed by atoms with E-state index in [2.05, 4.69) is 63.9 Å². The maximum atomic E-state index is 4.01. The Labute approximate surface area is 131 Å². The molecule has 0 heterocycles. The maximum Gasteiger partial charge on any atom is 0.105 e. The summed E-state index contributed by atoms with van der Waals surface area (Å²) in [7, 11) is 2.47. The van der Waals surface area contributed by atoms with Crippen LogP contribution in [0.5, 0.6) is 0 Å². The minimum atomic E-state index is 0.372. The van der Waals surface area contributed by atoms with Gasteiger partial charge < -0.3 is 4.48 Å². The highest BCUT2D eigenvalue weighted by molar-refractivity contribution is 5.13. The molecule has 21 heavy (non-hydrogen) atoms. The van der Waals surface area contributed by atoms with Crippen molar-refractivity contribution in [3.8, 4) is 0 Å². The number of benzene rings is 1. The Kier molecular flexibility index (Phi) is 5.27. The van der Waals surface area contributed by atoms with E-state index < -0.39 is 0 Å². The van der Waals surface area contributed by atoms with Crippen LogP contribution in [-0.4, -0.2) is 23.6 Å². The van der Waals surface area contributed by atoms with Crippen molar-refractivity contribution in [1.82, 2.24) is 0 Å². The lowest BCUT2D eigenvalue weighted by Crippen LogP contribution is -2.64. The lowest BCUT2D eigenvalue weighted by Gasteiger charge is -2.55. The molecule has 1 aliphatic rings. The van der Waals surface area contributed by atoms with Crippen molar-refractivity contribution in [2.45, 2.75) is 58.0 Å². The predicted octanol–water partition coefficient (Wildman–Crippen LogP) is 5.18. The van der Waals surface area contributed by atoms with Gasteiger partial charge in [-0.05, 0) is 33.1 Å². The van der Waals surface area contributed by atoms with Crippen LogP contribution in [0.4, 0.5) is 0 Å². The topological polar surface area (TPSA) is 0 Å². The summed E-state index contributed by atoms with van der Waals surface area (Å²) in [6, 6.07) is 11.0. The molecular weight excluding hydrogens is 254 g/mol. The van der Waals surface area contributed by atoms with Crippen LogP contribution in [-0.2, 0) is 6.54 Å². The molecule has 0 amide bonds. The molecule has 0 N–H and O–H groups in total. The molecule has 0 spiro atoms. The smallest absolute Gasteiger partial charge is 0.105 e. The first-order valence-corrected chi connectivity index (χ1v) is 8.55. The van der Waals surface area contributed by atoms with E-state index in [1.165, 1.54) is 44.2 Å². The minimum Gasteiger partial charge on any atom is -0.318 e. The molecule has 0 radical (unpaired) electrons. The molecule has 3 unspecified atom stereocenters. The van der Waals surface area contributed by atoms with Gasteiger partial charge in [0.15, 0.2) is 0 Å². The van der Waals surface area contributed by atoms with Crippen molar-refractivity contribution in [1.29, 1.82) is 0 Å². The summed E-state index contributed by atoms with van der Waals surface area (Å²) in [4.78, 5) is 0. The van der Waals surface area contributed by atoms with Gasteiger partial charge in [-0.2, -0.15) is 0 Å². The number of rotatable bonds is 6. The summed E-state index contributed by atoms with van der Waals surface area (Å²) in [5.41, 5.74) is 1.84. The fourth-order valence-electron chi connectivity index (χ4n) is 4.31. The van der Waals surface area contributed by atoms with Gasteiger partial charge in [-0.25, -0.2) is 0 Å². The molecule has 1 aromatic rings. The fraction of sp³-hybridized carbons (Fsp3) is 0.600. The first kappa shape index (κ1) is 16.3. The average Bonchev–Trinajstić information content (AvgIpc) is 2.50. The molecule has 2 rings (SSSR count). The predicted molar refractivity (Wildman–Crippen MR) is 92.0 cm³/mol. The number of hydrogen-bond acceptors (Lipinski definition) is 0. The normalized spacial score (nSPS) is 28.8. The third-order valence-electron chi connectivity index (χ3n) is 6.12. The van der Waals surface area contributed by atoms with Crippen molar-refractivity contribution < 1.29 is 4.48 Å². The summed E-state index contributed by atoms with van der Waals surface area (Å²) < 4.78 is 1.15. The number of hydrogen-bond donors (Lipinski definition) is 0. The van der Waals surface area contributed by atoms with Crippen LogP contribution >= 0.6 is 0 Å². The number of allylic oxidation sites excluding steroid dienone is 1. The first-order chi connectivity index (χ1) is 10.1. The Hall–Kier alpha value is -1.08. The van der Waals surface area contributed by atoms with E-state index in [1.54, 1.807) is 0 Å². The van der Waals surface area contributed by atoms with E-state index in [-0.39, 0.29) is 0 Å². The molecule has 0 bridgehead atoms. The van der Waals surface area contributed by atoms with Gasteiger partial charge in [-0.15, -0.1) is 6.58 Å². The molecule has 0 aliphatic heterocycles. The van der Waals surface area contributed by atoms with Gasteiger partial charge in [-0.1, -0.05) is 42.8 Å². The first-order valence-electron chi connectivity index (χ1n) is 8.55. The Morgan fingerprint density at radius 2 is 2.00 bits per heavy atom. The standard InChI is InChI=1S/C20H32N/c1-5-12-19-15-10-11-16-20(19,3)21(4,6-2)17-18-13-8-7-9-14-18/h5,7-9,13-14,19H,1,6,10-12,15-17H2,2-4H3/q+1. The van der Waals surface area contributed by atoms with Gasteiger partial charge in [-0.3, -0.25) is 0 Å². The van der Waals surface area contributed by atoms with Crippen LogP contribution < -0.4 is 0 Å².